The van der Waals surface area contributed by atoms with Gasteiger partial charge in [0, 0.05) is 55.1 Å². The van der Waals surface area contributed by atoms with Crippen LogP contribution in [-0.2, 0) is 17.7 Å². The average Bonchev–Trinajstić information content (AvgIpc) is 3.66. The van der Waals surface area contributed by atoms with Crippen molar-refractivity contribution in [2.24, 2.45) is 5.92 Å². The minimum absolute atomic E-state index is 0.0815. The van der Waals surface area contributed by atoms with E-state index >= 15 is 0 Å². The summed E-state index contributed by atoms with van der Waals surface area (Å²) in [4.78, 5) is 27.6. The third kappa shape index (κ3) is 6.51. The molecule has 11 heteroatoms. The zero-order valence-electron chi connectivity index (χ0n) is 27.0. The Hall–Kier alpha value is -4.25. The minimum atomic E-state index is -1.32. The van der Waals surface area contributed by atoms with Gasteiger partial charge in [-0.05, 0) is 69.9 Å². The Kier molecular flexibility index (Phi) is 8.62. The quantitative estimate of drug-likeness (QED) is 0.229. The molecule has 2 aromatic carbocycles. The van der Waals surface area contributed by atoms with Crippen molar-refractivity contribution in [1.29, 1.82) is 0 Å². The van der Waals surface area contributed by atoms with Crippen molar-refractivity contribution < 1.29 is 37.7 Å². The van der Waals surface area contributed by atoms with Gasteiger partial charge in [-0.1, -0.05) is 0 Å². The third-order valence-corrected chi connectivity index (χ3v) is 8.57. The maximum atomic E-state index is 14.9. The Labute approximate surface area is 267 Å². The van der Waals surface area contributed by atoms with Crippen LogP contribution in [0.4, 0.5) is 9.18 Å². The van der Waals surface area contributed by atoms with Crippen LogP contribution in [0.1, 0.15) is 56.0 Å². The van der Waals surface area contributed by atoms with Crippen LogP contribution >= 0.6 is 0 Å². The molecule has 0 bridgehead atoms. The molecule has 1 saturated heterocycles. The predicted octanol–water partition coefficient (Wildman–Crippen LogP) is 6.09. The summed E-state index contributed by atoms with van der Waals surface area (Å²) in [5, 5.41) is 14.5. The number of furan rings is 1. The van der Waals surface area contributed by atoms with Gasteiger partial charge >= 0.3 is 6.09 Å². The SMILES string of the molecule is COc1ccc2cc(-c3oc4cc(C(=O)N5C[C@H](F)C[C@@H](NC(=O)OC(C)(C)C)C5)cc(OC)c4c3CCO)n(CC3CC3)c2c1. The highest BCUT2D eigenvalue weighted by Gasteiger charge is 2.34. The van der Waals surface area contributed by atoms with Gasteiger partial charge in [0.15, 0.2) is 5.76 Å². The molecular formula is C35H42FN3O7. The van der Waals surface area contributed by atoms with Crippen LogP contribution in [0.2, 0.25) is 0 Å². The number of likely N-dealkylation sites (tertiary alicyclic amines) is 1. The smallest absolute Gasteiger partial charge is 0.407 e. The number of aliphatic hydroxyl groups excluding tert-OH is 1. The maximum Gasteiger partial charge on any atom is 0.407 e. The molecule has 2 N–H and O–H groups in total. The summed E-state index contributed by atoms with van der Waals surface area (Å²) in [7, 11) is 3.17. The first-order valence-corrected chi connectivity index (χ1v) is 15.8. The van der Waals surface area contributed by atoms with Crippen LogP contribution in [-0.4, -0.2) is 78.3 Å². The molecule has 246 valence electrons. The molecule has 46 heavy (non-hydrogen) atoms. The van der Waals surface area contributed by atoms with Crippen molar-refractivity contribution >= 4 is 33.9 Å². The number of carbonyl (C=O) groups is 2. The predicted molar refractivity (Wildman–Crippen MR) is 172 cm³/mol. The zero-order chi connectivity index (χ0) is 32.7. The number of nitrogens with one attached hydrogen (secondary N) is 1. The number of alkyl halides is 1. The van der Waals surface area contributed by atoms with Crippen LogP contribution in [0.25, 0.3) is 33.3 Å². The molecule has 2 atom stereocenters. The fraction of sp³-hybridized carbons (Fsp3) is 0.486. The molecule has 0 radical (unpaired) electrons. The highest BCUT2D eigenvalue weighted by molar-refractivity contribution is 6.02. The van der Waals surface area contributed by atoms with Crippen molar-refractivity contribution in [3.05, 3.63) is 47.5 Å². The number of carbonyl (C=O) groups excluding carboxylic acids is 2. The van der Waals surface area contributed by atoms with E-state index in [1.54, 1.807) is 40.0 Å². The topological polar surface area (TPSA) is 115 Å². The fourth-order valence-electron chi connectivity index (χ4n) is 6.36. The normalized spacial score (nSPS) is 18.6. The standard InChI is InChI=1S/C35H42FN3O7/c1-35(2,3)46-34(42)37-24-15-23(36)18-38(19-24)33(41)22-13-29(44-5)31-26(10-11-40)32(45-30(31)14-22)28-12-21-8-9-25(43-4)16-27(21)39(28)17-20-6-7-20/h8-9,12-14,16,20,23-24,40H,6-7,10-11,15,17-19H2,1-5H3,(H,37,42)/t23-,24-/m1/s1. The lowest BCUT2D eigenvalue weighted by Crippen LogP contribution is -2.54. The highest BCUT2D eigenvalue weighted by atomic mass is 19.1. The number of hydrogen-bond donors (Lipinski definition) is 2. The molecule has 4 aromatic rings. The van der Waals surface area contributed by atoms with Gasteiger partial charge in [-0.3, -0.25) is 4.79 Å². The van der Waals surface area contributed by atoms with Crippen LogP contribution in [0.15, 0.2) is 40.8 Å². The monoisotopic (exact) mass is 635 g/mol. The van der Waals surface area contributed by atoms with Gasteiger partial charge in [0.25, 0.3) is 5.91 Å². The van der Waals surface area contributed by atoms with Crippen LogP contribution in [0.3, 0.4) is 0 Å². The van der Waals surface area contributed by atoms with E-state index < -0.39 is 29.8 Å². The second-order valence-corrected chi connectivity index (χ2v) is 13.3. The van der Waals surface area contributed by atoms with Gasteiger partial charge in [-0.2, -0.15) is 0 Å². The van der Waals surface area contributed by atoms with Crippen molar-refractivity contribution in [2.45, 2.75) is 70.8 Å². The summed E-state index contributed by atoms with van der Waals surface area (Å²) in [6, 6.07) is 10.7. The number of rotatable bonds is 9. The van der Waals surface area contributed by atoms with Crippen molar-refractivity contribution in [1.82, 2.24) is 14.8 Å². The molecule has 1 saturated carbocycles. The van der Waals surface area contributed by atoms with Gasteiger partial charge in [0.05, 0.1) is 43.4 Å². The van der Waals surface area contributed by atoms with Crippen LogP contribution in [0, 0.1) is 5.92 Å². The Morgan fingerprint density at radius 2 is 1.87 bits per heavy atom. The molecule has 1 aliphatic heterocycles. The lowest BCUT2D eigenvalue weighted by Gasteiger charge is -2.35. The molecule has 10 nitrogen and oxygen atoms in total. The molecule has 1 aliphatic carbocycles. The number of benzene rings is 2. The van der Waals surface area contributed by atoms with Gasteiger partial charge in [0.2, 0.25) is 0 Å². The van der Waals surface area contributed by atoms with E-state index in [-0.39, 0.29) is 31.7 Å². The number of halogens is 1. The van der Waals surface area contributed by atoms with E-state index in [4.69, 9.17) is 18.6 Å². The van der Waals surface area contributed by atoms with Gasteiger partial charge in [-0.15, -0.1) is 0 Å². The zero-order valence-corrected chi connectivity index (χ0v) is 27.0. The van der Waals surface area contributed by atoms with E-state index in [0.717, 1.165) is 47.3 Å². The molecule has 2 amide bonds. The Bertz CT molecular complexity index is 1770. The number of hydrogen-bond acceptors (Lipinski definition) is 7. The number of ether oxygens (including phenoxy) is 3. The molecule has 2 aromatic heterocycles. The lowest BCUT2D eigenvalue weighted by molar-refractivity contribution is 0.0394. The molecule has 3 heterocycles. The summed E-state index contributed by atoms with van der Waals surface area (Å²) >= 11 is 0. The molecule has 6 rings (SSSR count). The summed E-state index contributed by atoms with van der Waals surface area (Å²) in [6.07, 6.45) is 0.750. The van der Waals surface area contributed by atoms with Crippen LogP contribution in [0.5, 0.6) is 11.5 Å². The fourth-order valence-corrected chi connectivity index (χ4v) is 6.36. The van der Waals surface area contributed by atoms with Crippen molar-refractivity contribution in [3.8, 4) is 23.0 Å². The van der Waals surface area contributed by atoms with Gasteiger partial charge < -0.3 is 38.5 Å². The minimum Gasteiger partial charge on any atom is -0.497 e. The summed E-state index contributed by atoms with van der Waals surface area (Å²) < 4.78 is 40.3. The molecule has 2 aliphatic rings. The Morgan fingerprint density at radius 3 is 2.54 bits per heavy atom. The molecule has 2 fully saturated rings. The van der Waals surface area contributed by atoms with E-state index in [9.17, 15) is 19.1 Å². The maximum absolute atomic E-state index is 14.9. The number of fused-ring (bicyclic) bond motifs is 2. The summed E-state index contributed by atoms with van der Waals surface area (Å²) in [6.45, 7) is 5.99. The van der Waals surface area contributed by atoms with E-state index in [1.165, 1.54) is 12.0 Å². The highest BCUT2D eigenvalue weighted by Crippen LogP contribution is 2.43. The Morgan fingerprint density at radius 1 is 1.09 bits per heavy atom. The average molecular weight is 636 g/mol. The third-order valence-electron chi connectivity index (χ3n) is 8.57. The lowest BCUT2D eigenvalue weighted by atomic mass is 10.0. The number of piperidine rings is 1. The number of amides is 2. The summed E-state index contributed by atoms with van der Waals surface area (Å²) in [5.41, 5.74) is 2.68. The Balaban J connectivity index is 1.38. The number of nitrogens with zero attached hydrogens (tertiary/aromatic N) is 2. The van der Waals surface area contributed by atoms with Gasteiger partial charge in [-0.25, -0.2) is 9.18 Å². The first-order valence-electron chi connectivity index (χ1n) is 15.8. The second-order valence-electron chi connectivity index (χ2n) is 13.3. The van der Waals surface area contributed by atoms with E-state index in [2.05, 4.69) is 16.0 Å². The molecular weight excluding hydrogens is 593 g/mol. The van der Waals surface area contributed by atoms with Crippen LogP contribution < -0.4 is 14.8 Å². The first-order chi connectivity index (χ1) is 22.0. The van der Waals surface area contributed by atoms with E-state index in [1.807, 2.05) is 18.2 Å². The van der Waals surface area contributed by atoms with E-state index in [0.29, 0.717) is 34.8 Å². The largest absolute Gasteiger partial charge is 0.497 e. The summed E-state index contributed by atoms with van der Waals surface area (Å²) in [5.74, 6) is 1.95. The van der Waals surface area contributed by atoms with Crippen molar-refractivity contribution in [2.75, 3.05) is 33.9 Å². The number of aromatic nitrogens is 1. The number of aliphatic hydroxyl groups is 1. The van der Waals surface area contributed by atoms with Crippen molar-refractivity contribution in [3.63, 3.8) is 0 Å². The molecule has 0 unspecified atom stereocenters. The number of alkyl carbamates (subject to hydrolysis) is 1. The van der Waals surface area contributed by atoms with Gasteiger partial charge in [0.1, 0.15) is 28.9 Å². The molecule has 0 spiro atoms. The first kappa shape index (κ1) is 31.7. The number of methoxy groups -OCH3 is 2. The second kappa shape index (κ2) is 12.5.